The first kappa shape index (κ1) is 14.6. The van der Waals surface area contributed by atoms with E-state index in [1.54, 1.807) is 11.3 Å². The summed E-state index contributed by atoms with van der Waals surface area (Å²) in [5.74, 6) is 0.579. The zero-order chi connectivity index (χ0) is 15.5. The summed E-state index contributed by atoms with van der Waals surface area (Å²) < 4.78 is 0. The minimum absolute atomic E-state index is 0.579. The lowest BCUT2D eigenvalue weighted by Crippen LogP contribution is -2.33. The molecule has 1 N–H and O–H groups in total. The van der Waals surface area contributed by atoms with E-state index in [2.05, 4.69) is 49.7 Å². The Balaban J connectivity index is 1.49. The highest BCUT2D eigenvalue weighted by molar-refractivity contribution is 7.09. The molecule has 118 valence electrons. The monoisotopic (exact) mass is 324 g/mol. The molecule has 4 rings (SSSR count). The number of thiazole rings is 1. The van der Waals surface area contributed by atoms with E-state index in [0.717, 1.165) is 25.3 Å². The van der Waals surface area contributed by atoms with Crippen molar-refractivity contribution in [3.8, 4) is 11.3 Å². The van der Waals surface area contributed by atoms with Gasteiger partial charge in [0.25, 0.3) is 0 Å². The number of likely N-dealkylation sites (tertiary alicyclic amines) is 1. The average Bonchev–Trinajstić information content (AvgIpc) is 3.28. The number of hydrogen-bond donors (Lipinski definition) is 1. The van der Waals surface area contributed by atoms with Crippen molar-refractivity contribution in [2.24, 2.45) is 0 Å². The Hall–Kier alpha value is -1.98. The summed E-state index contributed by atoms with van der Waals surface area (Å²) in [6.07, 6.45) is 6.38. The molecule has 4 nitrogen and oxygen atoms in total. The summed E-state index contributed by atoms with van der Waals surface area (Å²) in [6, 6.07) is 10.4. The van der Waals surface area contributed by atoms with Gasteiger partial charge in [-0.2, -0.15) is 5.10 Å². The van der Waals surface area contributed by atoms with Crippen molar-refractivity contribution < 1.29 is 0 Å². The van der Waals surface area contributed by atoms with Crippen LogP contribution in [0.15, 0.2) is 48.1 Å². The van der Waals surface area contributed by atoms with Crippen molar-refractivity contribution in [2.45, 2.75) is 25.3 Å². The van der Waals surface area contributed by atoms with Crippen LogP contribution >= 0.6 is 11.3 Å². The molecule has 1 aliphatic heterocycles. The summed E-state index contributed by atoms with van der Waals surface area (Å²) in [5.41, 5.74) is 3.62. The highest BCUT2D eigenvalue weighted by atomic mass is 32.1. The lowest BCUT2D eigenvalue weighted by molar-refractivity contribution is 0.200. The maximum Gasteiger partial charge on any atom is 0.0968 e. The molecule has 23 heavy (non-hydrogen) atoms. The van der Waals surface area contributed by atoms with Gasteiger partial charge in [0.05, 0.1) is 16.9 Å². The highest BCUT2D eigenvalue weighted by Crippen LogP contribution is 2.30. The summed E-state index contributed by atoms with van der Waals surface area (Å²) in [6.45, 7) is 3.19. The third-order valence-corrected chi connectivity index (χ3v) is 5.42. The third kappa shape index (κ3) is 3.21. The van der Waals surface area contributed by atoms with Crippen LogP contribution in [0.1, 0.15) is 29.3 Å². The fraction of sp³-hybridized carbons (Fsp3) is 0.333. The van der Waals surface area contributed by atoms with Crippen LogP contribution in [0.2, 0.25) is 0 Å². The predicted octanol–water partition coefficient (Wildman–Crippen LogP) is 3.91. The first-order valence-corrected chi connectivity index (χ1v) is 8.97. The fourth-order valence-corrected chi connectivity index (χ4v) is 4.13. The molecule has 0 spiro atoms. The predicted molar refractivity (Wildman–Crippen MR) is 93.4 cm³/mol. The van der Waals surface area contributed by atoms with Crippen molar-refractivity contribution in [3.05, 3.63) is 58.7 Å². The molecule has 0 saturated carbocycles. The van der Waals surface area contributed by atoms with Crippen LogP contribution in [0.4, 0.5) is 0 Å². The van der Waals surface area contributed by atoms with Gasteiger partial charge in [0.2, 0.25) is 0 Å². The van der Waals surface area contributed by atoms with Gasteiger partial charge in [-0.05, 0) is 24.9 Å². The molecule has 1 aliphatic rings. The molecule has 3 heterocycles. The third-order valence-electron chi connectivity index (χ3n) is 4.48. The van der Waals surface area contributed by atoms with Crippen molar-refractivity contribution in [1.82, 2.24) is 20.1 Å². The molecule has 1 aromatic carbocycles. The molecule has 0 bridgehead atoms. The number of nitrogens with one attached hydrogen (secondary N) is 1. The number of piperidine rings is 1. The lowest BCUT2D eigenvalue weighted by atomic mass is 9.98. The van der Waals surface area contributed by atoms with Crippen LogP contribution in [0.5, 0.6) is 0 Å². The van der Waals surface area contributed by atoms with E-state index in [0.29, 0.717) is 5.92 Å². The Morgan fingerprint density at radius 3 is 3.00 bits per heavy atom. The zero-order valence-electron chi connectivity index (χ0n) is 13.0. The summed E-state index contributed by atoms with van der Waals surface area (Å²) in [7, 11) is 0. The number of aromatic nitrogens is 3. The van der Waals surface area contributed by atoms with Gasteiger partial charge in [-0.25, -0.2) is 4.98 Å². The topological polar surface area (TPSA) is 44.8 Å². The van der Waals surface area contributed by atoms with Crippen molar-refractivity contribution in [3.63, 3.8) is 0 Å². The zero-order valence-corrected chi connectivity index (χ0v) is 13.8. The number of aromatic amines is 1. The Kier molecular flexibility index (Phi) is 4.22. The van der Waals surface area contributed by atoms with Gasteiger partial charge in [-0.1, -0.05) is 30.3 Å². The summed E-state index contributed by atoms with van der Waals surface area (Å²) in [5, 5.41) is 10.8. The number of rotatable bonds is 4. The largest absolute Gasteiger partial charge is 0.298 e. The van der Waals surface area contributed by atoms with Crippen molar-refractivity contribution >= 4 is 11.3 Å². The molecule has 0 radical (unpaired) electrons. The first-order valence-electron chi connectivity index (χ1n) is 8.09. The van der Waals surface area contributed by atoms with Gasteiger partial charge in [0, 0.05) is 36.1 Å². The first-order chi connectivity index (χ1) is 11.4. The maximum absolute atomic E-state index is 4.51. The van der Waals surface area contributed by atoms with E-state index < -0.39 is 0 Å². The van der Waals surface area contributed by atoms with Crippen LogP contribution in [0, 0.1) is 0 Å². The number of benzene rings is 1. The van der Waals surface area contributed by atoms with E-state index in [1.807, 2.05) is 18.5 Å². The van der Waals surface area contributed by atoms with E-state index in [-0.39, 0.29) is 0 Å². The summed E-state index contributed by atoms with van der Waals surface area (Å²) >= 11 is 1.78. The minimum atomic E-state index is 0.579. The Morgan fingerprint density at radius 1 is 1.26 bits per heavy atom. The van der Waals surface area contributed by atoms with Crippen molar-refractivity contribution in [2.75, 3.05) is 13.1 Å². The van der Waals surface area contributed by atoms with Gasteiger partial charge in [0.1, 0.15) is 0 Å². The number of nitrogens with zero attached hydrogens (tertiary/aromatic N) is 3. The van der Waals surface area contributed by atoms with Gasteiger partial charge in [-0.3, -0.25) is 10.00 Å². The van der Waals surface area contributed by atoms with Crippen LogP contribution < -0.4 is 0 Å². The molecule has 3 aromatic rings. The van der Waals surface area contributed by atoms with Crippen LogP contribution in [-0.2, 0) is 6.54 Å². The molecule has 1 atom stereocenters. The Bertz CT molecular complexity index is 735. The normalized spacial score (nSPS) is 19.0. The lowest BCUT2D eigenvalue weighted by Gasteiger charge is -2.31. The second-order valence-electron chi connectivity index (χ2n) is 6.08. The van der Waals surface area contributed by atoms with Crippen molar-refractivity contribution in [1.29, 1.82) is 0 Å². The SMILES string of the molecule is c1ccc(-c2[nH]ncc2CN2CCCC(c3nccs3)C2)cc1. The number of hydrogen-bond acceptors (Lipinski definition) is 4. The summed E-state index contributed by atoms with van der Waals surface area (Å²) in [4.78, 5) is 7.04. The molecule has 0 amide bonds. The smallest absolute Gasteiger partial charge is 0.0968 e. The second-order valence-corrected chi connectivity index (χ2v) is 7.01. The highest BCUT2D eigenvalue weighted by Gasteiger charge is 2.24. The molecule has 1 unspecified atom stereocenters. The van der Waals surface area contributed by atoms with E-state index in [9.17, 15) is 0 Å². The molecular formula is C18H20N4S. The van der Waals surface area contributed by atoms with Gasteiger partial charge in [0.15, 0.2) is 0 Å². The molecule has 2 aromatic heterocycles. The quantitative estimate of drug-likeness (QED) is 0.791. The van der Waals surface area contributed by atoms with E-state index >= 15 is 0 Å². The maximum atomic E-state index is 4.51. The standard InChI is InChI=1S/C18H20N4S/c1-2-5-14(6-3-1)17-16(11-20-21-17)13-22-9-4-7-15(12-22)18-19-8-10-23-18/h1-3,5-6,8,10-11,15H,4,7,9,12-13H2,(H,20,21). The molecule has 1 saturated heterocycles. The van der Waals surface area contributed by atoms with Crippen LogP contribution in [0.25, 0.3) is 11.3 Å². The molecule has 0 aliphatic carbocycles. The van der Waals surface area contributed by atoms with E-state index in [1.165, 1.54) is 29.0 Å². The second kappa shape index (κ2) is 6.64. The average molecular weight is 324 g/mol. The van der Waals surface area contributed by atoms with Crippen LogP contribution in [0.3, 0.4) is 0 Å². The van der Waals surface area contributed by atoms with Crippen LogP contribution in [-0.4, -0.2) is 33.2 Å². The van der Waals surface area contributed by atoms with Gasteiger partial charge in [-0.15, -0.1) is 11.3 Å². The number of H-pyrrole nitrogens is 1. The van der Waals surface area contributed by atoms with E-state index in [4.69, 9.17) is 0 Å². The minimum Gasteiger partial charge on any atom is -0.298 e. The Morgan fingerprint density at radius 2 is 2.17 bits per heavy atom. The molecule has 5 heteroatoms. The fourth-order valence-electron chi connectivity index (χ4n) is 3.36. The van der Waals surface area contributed by atoms with Gasteiger partial charge >= 0.3 is 0 Å². The Labute approximate surface area is 140 Å². The van der Waals surface area contributed by atoms with Gasteiger partial charge < -0.3 is 0 Å². The molecular weight excluding hydrogens is 304 g/mol. The molecule has 1 fully saturated rings.